The molecule has 2 heterocycles. The van der Waals surface area contributed by atoms with E-state index in [0.717, 1.165) is 5.56 Å². The van der Waals surface area contributed by atoms with Crippen LogP contribution in [0.1, 0.15) is 5.56 Å². The summed E-state index contributed by atoms with van der Waals surface area (Å²) in [7, 11) is 0. The summed E-state index contributed by atoms with van der Waals surface area (Å²) >= 11 is 0. The molecule has 108 valence electrons. The zero-order chi connectivity index (χ0) is 14.5. The van der Waals surface area contributed by atoms with Gasteiger partial charge in [-0.3, -0.25) is 4.79 Å². The van der Waals surface area contributed by atoms with Crippen molar-refractivity contribution in [3.8, 4) is 5.75 Å². The van der Waals surface area contributed by atoms with Crippen LogP contribution in [0.15, 0.2) is 48.7 Å². The van der Waals surface area contributed by atoms with Crippen LogP contribution in [-0.4, -0.2) is 30.2 Å². The second-order valence-corrected chi connectivity index (χ2v) is 4.87. The SMILES string of the molecule is O=C(Cc1ccccc1)Nc1ccc(OC2COC2)cn1. The van der Waals surface area contributed by atoms with Crippen LogP contribution in [0.4, 0.5) is 5.82 Å². The minimum Gasteiger partial charge on any atom is -0.484 e. The molecule has 21 heavy (non-hydrogen) atoms. The molecule has 1 N–H and O–H groups in total. The van der Waals surface area contributed by atoms with Crippen LogP contribution in [0.5, 0.6) is 5.75 Å². The van der Waals surface area contributed by atoms with Gasteiger partial charge in [-0.05, 0) is 17.7 Å². The van der Waals surface area contributed by atoms with Crippen LogP contribution >= 0.6 is 0 Å². The van der Waals surface area contributed by atoms with Gasteiger partial charge in [-0.15, -0.1) is 0 Å². The third-order valence-corrected chi connectivity index (χ3v) is 3.12. The summed E-state index contributed by atoms with van der Waals surface area (Å²) in [6.07, 6.45) is 2.06. The molecule has 5 nitrogen and oxygen atoms in total. The lowest BCUT2D eigenvalue weighted by Crippen LogP contribution is -2.38. The van der Waals surface area contributed by atoms with Crippen LogP contribution in [0.25, 0.3) is 0 Å². The van der Waals surface area contributed by atoms with E-state index in [-0.39, 0.29) is 12.0 Å². The lowest BCUT2D eigenvalue weighted by molar-refractivity contribution is -0.115. The fourth-order valence-corrected chi connectivity index (χ4v) is 1.97. The molecule has 1 fully saturated rings. The third-order valence-electron chi connectivity index (χ3n) is 3.12. The third kappa shape index (κ3) is 3.79. The second-order valence-electron chi connectivity index (χ2n) is 4.87. The highest BCUT2D eigenvalue weighted by atomic mass is 16.6. The van der Waals surface area contributed by atoms with Gasteiger partial charge in [0.1, 0.15) is 17.7 Å². The summed E-state index contributed by atoms with van der Waals surface area (Å²) in [4.78, 5) is 16.1. The number of pyridine rings is 1. The molecule has 0 spiro atoms. The van der Waals surface area contributed by atoms with E-state index in [9.17, 15) is 4.79 Å². The molecule has 1 aromatic heterocycles. The largest absolute Gasteiger partial charge is 0.484 e. The van der Waals surface area contributed by atoms with Crippen molar-refractivity contribution < 1.29 is 14.3 Å². The maximum absolute atomic E-state index is 11.9. The Bertz CT molecular complexity index is 595. The summed E-state index contributed by atoms with van der Waals surface area (Å²) < 4.78 is 10.6. The lowest BCUT2D eigenvalue weighted by atomic mass is 10.1. The van der Waals surface area contributed by atoms with Gasteiger partial charge in [-0.25, -0.2) is 4.98 Å². The molecule has 3 rings (SSSR count). The number of benzene rings is 1. The topological polar surface area (TPSA) is 60.5 Å². The van der Waals surface area contributed by atoms with Gasteiger partial charge >= 0.3 is 0 Å². The molecule has 0 atom stereocenters. The molecule has 1 aliphatic heterocycles. The van der Waals surface area contributed by atoms with Gasteiger partial charge in [-0.1, -0.05) is 30.3 Å². The Hall–Kier alpha value is -2.40. The van der Waals surface area contributed by atoms with Gasteiger partial charge in [0.2, 0.25) is 5.91 Å². The summed E-state index contributed by atoms with van der Waals surface area (Å²) in [5, 5.41) is 2.77. The van der Waals surface area contributed by atoms with Crippen molar-refractivity contribution in [1.29, 1.82) is 0 Å². The maximum Gasteiger partial charge on any atom is 0.229 e. The molecule has 0 unspecified atom stereocenters. The van der Waals surface area contributed by atoms with Crippen molar-refractivity contribution in [2.24, 2.45) is 0 Å². The molecule has 0 radical (unpaired) electrons. The monoisotopic (exact) mass is 284 g/mol. The molecule has 1 aliphatic rings. The molecule has 2 aromatic rings. The van der Waals surface area contributed by atoms with Crippen LogP contribution in [0.2, 0.25) is 0 Å². The van der Waals surface area contributed by atoms with Crippen LogP contribution in [0, 0.1) is 0 Å². The van der Waals surface area contributed by atoms with Crippen molar-refractivity contribution in [2.75, 3.05) is 18.5 Å². The zero-order valence-electron chi connectivity index (χ0n) is 11.5. The fraction of sp³-hybridized carbons (Fsp3) is 0.250. The van der Waals surface area contributed by atoms with Crippen molar-refractivity contribution in [1.82, 2.24) is 4.98 Å². The van der Waals surface area contributed by atoms with Crippen molar-refractivity contribution in [3.63, 3.8) is 0 Å². The van der Waals surface area contributed by atoms with Gasteiger partial charge in [-0.2, -0.15) is 0 Å². The first kappa shape index (κ1) is 13.6. The Morgan fingerprint density at radius 2 is 2.05 bits per heavy atom. The zero-order valence-corrected chi connectivity index (χ0v) is 11.5. The van der Waals surface area contributed by atoms with E-state index < -0.39 is 0 Å². The lowest BCUT2D eigenvalue weighted by Gasteiger charge is -2.26. The minimum atomic E-state index is -0.0882. The average Bonchev–Trinajstić information content (AvgIpc) is 2.45. The summed E-state index contributed by atoms with van der Waals surface area (Å²) in [5.74, 6) is 1.12. The fourth-order valence-electron chi connectivity index (χ4n) is 1.97. The normalized spacial score (nSPS) is 14.3. The smallest absolute Gasteiger partial charge is 0.229 e. The van der Waals surface area contributed by atoms with Gasteiger partial charge in [0.15, 0.2) is 0 Å². The first-order valence-electron chi connectivity index (χ1n) is 6.84. The molecule has 1 aromatic carbocycles. The molecule has 1 amide bonds. The predicted octanol–water partition coefficient (Wildman–Crippen LogP) is 2.04. The Labute approximate surface area is 122 Å². The van der Waals surface area contributed by atoms with E-state index >= 15 is 0 Å². The van der Waals surface area contributed by atoms with E-state index in [4.69, 9.17) is 9.47 Å². The Morgan fingerprint density at radius 3 is 2.67 bits per heavy atom. The van der Waals surface area contributed by atoms with Crippen LogP contribution in [-0.2, 0) is 16.0 Å². The maximum atomic E-state index is 11.9. The number of amides is 1. The highest BCUT2D eigenvalue weighted by molar-refractivity contribution is 5.91. The summed E-state index contributed by atoms with van der Waals surface area (Å²) in [6, 6.07) is 13.1. The molecule has 0 bridgehead atoms. The van der Waals surface area contributed by atoms with Gasteiger partial charge in [0, 0.05) is 0 Å². The van der Waals surface area contributed by atoms with Gasteiger partial charge in [0.05, 0.1) is 25.8 Å². The number of anilines is 1. The number of carbonyl (C=O) groups excluding carboxylic acids is 1. The van der Waals surface area contributed by atoms with Gasteiger partial charge < -0.3 is 14.8 Å². The quantitative estimate of drug-likeness (QED) is 0.912. The number of hydrogen-bond acceptors (Lipinski definition) is 4. The average molecular weight is 284 g/mol. The highest BCUT2D eigenvalue weighted by Gasteiger charge is 2.20. The number of aromatic nitrogens is 1. The Balaban J connectivity index is 1.53. The van der Waals surface area contributed by atoms with E-state index in [1.807, 2.05) is 30.3 Å². The summed E-state index contributed by atoms with van der Waals surface area (Å²) in [6.45, 7) is 1.24. The van der Waals surface area contributed by atoms with Crippen LogP contribution in [0.3, 0.4) is 0 Å². The first-order valence-corrected chi connectivity index (χ1v) is 6.84. The van der Waals surface area contributed by atoms with Crippen molar-refractivity contribution in [2.45, 2.75) is 12.5 Å². The Kier molecular flexibility index (Phi) is 4.12. The predicted molar refractivity (Wildman–Crippen MR) is 78.2 cm³/mol. The van der Waals surface area contributed by atoms with Gasteiger partial charge in [0.25, 0.3) is 0 Å². The number of carbonyl (C=O) groups is 1. The minimum absolute atomic E-state index is 0.0882. The molecular formula is C16H16N2O3. The highest BCUT2D eigenvalue weighted by Crippen LogP contribution is 2.16. The first-order chi connectivity index (χ1) is 10.3. The van der Waals surface area contributed by atoms with Crippen LogP contribution < -0.4 is 10.1 Å². The number of ether oxygens (including phenoxy) is 2. The van der Waals surface area contributed by atoms with Crippen molar-refractivity contribution >= 4 is 11.7 Å². The van der Waals surface area contributed by atoms with E-state index in [0.29, 0.717) is 31.2 Å². The number of hydrogen-bond donors (Lipinski definition) is 1. The molecule has 0 saturated carbocycles. The van der Waals surface area contributed by atoms with E-state index in [1.54, 1.807) is 18.3 Å². The van der Waals surface area contributed by atoms with E-state index in [2.05, 4.69) is 10.3 Å². The van der Waals surface area contributed by atoms with E-state index in [1.165, 1.54) is 0 Å². The number of rotatable bonds is 5. The number of nitrogens with one attached hydrogen (secondary N) is 1. The second kappa shape index (κ2) is 6.37. The Morgan fingerprint density at radius 1 is 1.24 bits per heavy atom. The molecule has 1 saturated heterocycles. The molecule has 5 heteroatoms. The molecular weight excluding hydrogens is 268 g/mol. The summed E-state index contributed by atoms with van der Waals surface area (Å²) in [5.41, 5.74) is 0.972. The molecule has 0 aliphatic carbocycles. The number of nitrogens with zero attached hydrogens (tertiary/aromatic N) is 1. The standard InChI is InChI=1S/C16H16N2O3/c19-16(8-12-4-2-1-3-5-12)18-15-7-6-13(9-17-15)21-14-10-20-11-14/h1-7,9,14H,8,10-11H2,(H,17,18,19). The van der Waals surface area contributed by atoms with Crippen molar-refractivity contribution in [3.05, 3.63) is 54.2 Å².